The number of nitrogens with zero attached hydrogens (tertiary/aromatic N) is 1. The summed E-state index contributed by atoms with van der Waals surface area (Å²) in [6.45, 7) is 0.921. The minimum atomic E-state index is 0.518. The number of benzene rings is 1. The monoisotopic (exact) mass is 294 g/mol. The Kier molecular flexibility index (Phi) is 3.45. The van der Waals surface area contributed by atoms with Gasteiger partial charge in [-0.15, -0.1) is 11.3 Å². The molecule has 4 rings (SSSR count). The van der Waals surface area contributed by atoms with Gasteiger partial charge >= 0.3 is 0 Å². The summed E-state index contributed by atoms with van der Waals surface area (Å²) in [6, 6.07) is 13.5. The van der Waals surface area contributed by atoms with E-state index in [0.29, 0.717) is 6.04 Å². The lowest BCUT2D eigenvalue weighted by molar-refractivity contribution is 0.463. The smallest absolute Gasteiger partial charge is 0.0702 e. The van der Waals surface area contributed by atoms with Crippen LogP contribution in [0.4, 0.5) is 0 Å². The summed E-state index contributed by atoms with van der Waals surface area (Å²) in [6.07, 6.45) is 5.65. The molecule has 3 aromatic rings. The number of hydrogen-bond donors (Lipinski definition) is 1. The quantitative estimate of drug-likeness (QED) is 0.771. The maximum Gasteiger partial charge on any atom is 0.0702 e. The Morgan fingerprint density at radius 1 is 1.24 bits per heavy atom. The zero-order chi connectivity index (χ0) is 14.1. The Balaban J connectivity index is 1.51. The van der Waals surface area contributed by atoms with Crippen molar-refractivity contribution in [3.8, 4) is 0 Å². The van der Waals surface area contributed by atoms with Crippen molar-refractivity contribution in [3.63, 3.8) is 0 Å². The first-order chi connectivity index (χ1) is 10.4. The molecule has 3 heteroatoms. The van der Waals surface area contributed by atoms with Crippen LogP contribution >= 0.6 is 11.3 Å². The van der Waals surface area contributed by atoms with E-state index in [1.54, 1.807) is 4.88 Å². The molecule has 2 heterocycles. The van der Waals surface area contributed by atoms with Gasteiger partial charge in [-0.3, -0.25) is 4.98 Å². The highest BCUT2D eigenvalue weighted by Gasteiger charge is 2.20. The van der Waals surface area contributed by atoms with Crippen molar-refractivity contribution < 1.29 is 0 Å². The van der Waals surface area contributed by atoms with E-state index in [-0.39, 0.29) is 0 Å². The summed E-state index contributed by atoms with van der Waals surface area (Å²) in [4.78, 5) is 5.95. The molecule has 1 aliphatic carbocycles. The SMILES string of the molecule is c1cnc2ccc(CNC3CCCc4sccc43)cc2c1. The molecule has 0 fully saturated rings. The van der Waals surface area contributed by atoms with Crippen LogP contribution in [0, 0.1) is 0 Å². The predicted octanol–water partition coefficient (Wildman–Crippen LogP) is 4.46. The van der Waals surface area contributed by atoms with E-state index in [0.717, 1.165) is 12.1 Å². The van der Waals surface area contributed by atoms with E-state index in [1.807, 2.05) is 23.6 Å². The van der Waals surface area contributed by atoms with E-state index < -0.39 is 0 Å². The Hall–Kier alpha value is -1.71. The molecule has 0 radical (unpaired) electrons. The summed E-state index contributed by atoms with van der Waals surface area (Å²) in [5.74, 6) is 0. The van der Waals surface area contributed by atoms with Crippen LogP contribution in [0.2, 0.25) is 0 Å². The number of nitrogens with one attached hydrogen (secondary N) is 1. The third-order valence-electron chi connectivity index (χ3n) is 4.27. The number of aromatic nitrogens is 1. The predicted molar refractivity (Wildman–Crippen MR) is 88.6 cm³/mol. The maximum absolute atomic E-state index is 4.38. The van der Waals surface area contributed by atoms with Gasteiger partial charge in [0.25, 0.3) is 0 Å². The molecule has 2 nitrogen and oxygen atoms in total. The summed E-state index contributed by atoms with van der Waals surface area (Å²) >= 11 is 1.90. The van der Waals surface area contributed by atoms with Crippen molar-refractivity contribution >= 4 is 22.2 Å². The first kappa shape index (κ1) is 13.0. The van der Waals surface area contributed by atoms with Gasteiger partial charge in [0.1, 0.15) is 0 Å². The first-order valence-electron chi connectivity index (χ1n) is 7.53. The van der Waals surface area contributed by atoms with Gasteiger partial charge < -0.3 is 5.32 Å². The summed E-state index contributed by atoms with van der Waals surface area (Å²) in [5, 5.41) is 7.18. The van der Waals surface area contributed by atoms with Gasteiger partial charge in [0, 0.05) is 29.0 Å². The van der Waals surface area contributed by atoms with Gasteiger partial charge in [-0.1, -0.05) is 12.1 Å². The summed E-state index contributed by atoms with van der Waals surface area (Å²) < 4.78 is 0. The van der Waals surface area contributed by atoms with Crippen LogP contribution in [0.25, 0.3) is 10.9 Å². The fourth-order valence-corrected chi connectivity index (χ4v) is 4.16. The average molecular weight is 294 g/mol. The third-order valence-corrected chi connectivity index (χ3v) is 5.27. The highest BCUT2D eigenvalue weighted by atomic mass is 32.1. The molecule has 0 bridgehead atoms. The van der Waals surface area contributed by atoms with E-state index in [1.165, 1.54) is 35.8 Å². The lowest BCUT2D eigenvalue weighted by atomic mass is 9.94. The molecule has 0 aliphatic heterocycles. The first-order valence-corrected chi connectivity index (χ1v) is 8.41. The molecular formula is C18H18N2S. The van der Waals surface area contributed by atoms with Crippen molar-refractivity contribution in [2.75, 3.05) is 0 Å². The fourth-order valence-electron chi connectivity index (χ4n) is 3.17. The van der Waals surface area contributed by atoms with Gasteiger partial charge in [0.2, 0.25) is 0 Å². The van der Waals surface area contributed by atoms with E-state index >= 15 is 0 Å². The largest absolute Gasteiger partial charge is 0.306 e. The minimum Gasteiger partial charge on any atom is -0.306 e. The third kappa shape index (κ3) is 2.59. The molecule has 1 aromatic carbocycles. The van der Waals surface area contributed by atoms with Gasteiger partial charge in [-0.2, -0.15) is 0 Å². The van der Waals surface area contributed by atoms with Crippen LogP contribution in [0.15, 0.2) is 48.0 Å². The maximum atomic E-state index is 4.38. The van der Waals surface area contributed by atoms with E-state index in [9.17, 15) is 0 Å². The second-order valence-corrected chi connectivity index (χ2v) is 6.66. The van der Waals surface area contributed by atoms with Crippen LogP contribution in [0.3, 0.4) is 0 Å². The van der Waals surface area contributed by atoms with E-state index in [2.05, 4.69) is 46.0 Å². The Labute approximate surface area is 128 Å². The second kappa shape index (κ2) is 5.58. The molecule has 1 N–H and O–H groups in total. The molecule has 2 aromatic heterocycles. The number of hydrogen-bond acceptors (Lipinski definition) is 3. The molecule has 0 spiro atoms. The molecular weight excluding hydrogens is 276 g/mol. The molecule has 1 unspecified atom stereocenters. The summed E-state index contributed by atoms with van der Waals surface area (Å²) in [5.41, 5.74) is 3.92. The van der Waals surface area contributed by atoms with Gasteiger partial charge in [-0.05, 0) is 60.0 Å². The Morgan fingerprint density at radius 2 is 2.24 bits per heavy atom. The number of thiophene rings is 1. The lowest BCUT2D eigenvalue weighted by Gasteiger charge is -2.24. The molecule has 0 saturated carbocycles. The molecule has 106 valence electrons. The van der Waals surface area contributed by atoms with Gasteiger partial charge in [-0.25, -0.2) is 0 Å². The van der Waals surface area contributed by atoms with Gasteiger partial charge in [0.15, 0.2) is 0 Å². The lowest BCUT2D eigenvalue weighted by Crippen LogP contribution is -2.23. The van der Waals surface area contributed by atoms with Crippen molar-refractivity contribution in [2.24, 2.45) is 0 Å². The van der Waals surface area contributed by atoms with Crippen molar-refractivity contribution in [1.82, 2.24) is 10.3 Å². The highest BCUT2D eigenvalue weighted by molar-refractivity contribution is 7.10. The van der Waals surface area contributed by atoms with Gasteiger partial charge in [0.05, 0.1) is 5.52 Å². The fraction of sp³-hybridized carbons (Fsp3) is 0.278. The second-order valence-electron chi connectivity index (χ2n) is 5.66. The molecule has 1 aliphatic rings. The molecule has 0 amide bonds. The zero-order valence-electron chi connectivity index (χ0n) is 11.9. The standard InChI is InChI=1S/C18H18N2S/c1-4-17(15-8-10-21-18(15)5-1)20-12-13-6-7-16-14(11-13)3-2-9-19-16/h2-3,6-11,17,20H,1,4-5,12H2. The normalized spacial score (nSPS) is 17.8. The van der Waals surface area contributed by atoms with Crippen LogP contribution in [0.1, 0.15) is 34.9 Å². The average Bonchev–Trinajstić information content (AvgIpc) is 3.02. The number of pyridine rings is 1. The van der Waals surface area contributed by atoms with Crippen LogP contribution in [0.5, 0.6) is 0 Å². The highest BCUT2D eigenvalue weighted by Crippen LogP contribution is 2.33. The number of rotatable bonds is 3. The van der Waals surface area contributed by atoms with Crippen molar-refractivity contribution in [1.29, 1.82) is 0 Å². The van der Waals surface area contributed by atoms with Crippen LogP contribution < -0.4 is 5.32 Å². The Morgan fingerprint density at radius 3 is 3.24 bits per heavy atom. The minimum absolute atomic E-state index is 0.518. The number of fused-ring (bicyclic) bond motifs is 2. The zero-order valence-corrected chi connectivity index (χ0v) is 12.7. The topological polar surface area (TPSA) is 24.9 Å². The van der Waals surface area contributed by atoms with E-state index in [4.69, 9.17) is 0 Å². The number of aryl methyl sites for hydroxylation is 1. The molecule has 21 heavy (non-hydrogen) atoms. The van der Waals surface area contributed by atoms with Crippen LogP contribution in [-0.4, -0.2) is 4.98 Å². The van der Waals surface area contributed by atoms with Crippen LogP contribution in [-0.2, 0) is 13.0 Å². The Bertz CT molecular complexity index is 763. The summed E-state index contributed by atoms with van der Waals surface area (Å²) in [7, 11) is 0. The van der Waals surface area contributed by atoms with Crippen molar-refractivity contribution in [2.45, 2.75) is 31.8 Å². The molecule has 0 saturated heterocycles. The molecule has 1 atom stereocenters. The van der Waals surface area contributed by atoms with Crippen molar-refractivity contribution in [3.05, 3.63) is 64.0 Å².